The predicted octanol–water partition coefficient (Wildman–Crippen LogP) is 3.84. The maximum Gasteiger partial charge on any atom is 0.146 e. The van der Waals surface area contributed by atoms with Gasteiger partial charge in [-0.05, 0) is 43.2 Å². The summed E-state index contributed by atoms with van der Waals surface area (Å²) in [7, 11) is 0. The molecule has 1 atom stereocenters. The normalized spacial score (nSPS) is 12.2. The van der Waals surface area contributed by atoms with Gasteiger partial charge in [0, 0.05) is 6.20 Å². The number of nitrogens with one attached hydrogen (secondary N) is 1. The molecule has 0 saturated heterocycles. The zero-order valence-electron chi connectivity index (χ0n) is 10.2. The van der Waals surface area contributed by atoms with Crippen LogP contribution in [0.2, 0.25) is 0 Å². The van der Waals surface area contributed by atoms with E-state index in [1.807, 2.05) is 19.9 Å². The lowest BCUT2D eigenvalue weighted by atomic mass is 10.1. The summed E-state index contributed by atoms with van der Waals surface area (Å²) in [6, 6.07) is 6.12. The van der Waals surface area contributed by atoms with Crippen molar-refractivity contribution in [3.05, 3.63) is 59.4 Å². The van der Waals surface area contributed by atoms with Crippen molar-refractivity contribution in [3.63, 3.8) is 0 Å². The van der Waals surface area contributed by atoms with Gasteiger partial charge in [0.2, 0.25) is 0 Å². The van der Waals surface area contributed by atoms with Crippen LogP contribution in [0, 0.1) is 18.6 Å². The maximum atomic E-state index is 13.7. The second-order valence-electron chi connectivity index (χ2n) is 4.29. The monoisotopic (exact) mass is 248 g/mol. The highest BCUT2D eigenvalue weighted by molar-refractivity contribution is 5.47. The van der Waals surface area contributed by atoms with Crippen LogP contribution in [0.25, 0.3) is 0 Å². The Hall–Kier alpha value is -1.97. The first-order chi connectivity index (χ1) is 8.56. The first-order valence-corrected chi connectivity index (χ1v) is 5.69. The van der Waals surface area contributed by atoms with Crippen molar-refractivity contribution >= 4 is 5.69 Å². The molecule has 2 aromatic rings. The highest BCUT2D eigenvalue weighted by atomic mass is 19.1. The van der Waals surface area contributed by atoms with Gasteiger partial charge in [-0.2, -0.15) is 0 Å². The van der Waals surface area contributed by atoms with Gasteiger partial charge in [-0.25, -0.2) is 8.78 Å². The van der Waals surface area contributed by atoms with E-state index in [1.165, 1.54) is 12.1 Å². The van der Waals surface area contributed by atoms with Crippen molar-refractivity contribution in [1.29, 1.82) is 0 Å². The second kappa shape index (κ2) is 5.12. The number of aromatic nitrogens is 1. The molecule has 2 rings (SSSR count). The number of anilines is 1. The third kappa shape index (κ3) is 2.83. The van der Waals surface area contributed by atoms with Crippen molar-refractivity contribution in [2.75, 3.05) is 5.32 Å². The van der Waals surface area contributed by atoms with Crippen LogP contribution in [0.3, 0.4) is 0 Å². The summed E-state index contributed by atoms with van der Waals surface area (Å²) in [6.45, 7) is 3.66. The van der Waals surface area contributed by atoms with Crippen LogP contribution < -0.4 is 5.32 Å². The second-order valence-corrected chi connectivity index (χ2v) is 4.29. The first-order valence-electron chi connectivity index (χ1n) is 5.69. The number of halogens is 2. The third-order valence-electron chi connectivity index (χ3n) is 2.72. The Morgan fingerprint density at radius 3 is 2.61 bits per heavy atom. The van der Waals surface area contributed by atoms with E-state index in [9.17, 15) is 8.78 Å². The Morgan fingerprint density at radius 2 is 1.94 bits per heavy atom. The molecule has 1 aromatic heterocycles. The quantitative estimate of drug-likeness (QED) is 0.892. The summed E-state index contributed by atoms with van der Waals surface area (Å²) in [5.74, 6) is -0.711. The number of rotatable bonds is 3. The highest BCUT2D eigenvalue weighted by Gasteiger charge is 2.09. The van der Waals surface area contributed by atoms with Crippen LogP contribution in [0.1, 0.15) is 24.1 Å². The molecular formula is C14H14F2N2. The molecule has 0 spiro atoms. The minimum Gasteiger partial charge on any atom is -0.376 e. The molecule has 1 heterocycles. The SMILES string of the molecule is Cc1ccc(NC(C)c2cncc(F)c2)c(F)c1. The largest absolute Gasteiger partial charge is 0.376 e. The van der Waals surface area contributed by atoms with Gasteiger partial charge in [0.25, 0.3) is 0 Å². The first kappa shape index (κ1) is 12.5. The topological polar surface area (TPSA) is 24.9 Å². The van der Waals surface area contributed by atoms with Crippen LogP contribution in [-0.4, -0.2) is 4.98 Å². The lowest BCUT2D eigenvalue weighted by Gasteiger charge is -2.16. The fourth-order valence-corrected chi connectivity index (χ4v) is 1.72. The number of benzene rings is 1. The Kier molecular flexibility index (Phi) is 3.55. The zero-order chi connectivity index (χ0) is 13.1. The molecule has 0 aliphatic heterocycles. The molecule has 0 radical (unpaired) electrons. The lowest BCUT2D eigenvalue weighted by Crippen LogP contribution is -2.08. The van der Waals surface area contributed by atoms with Crippen molar-refractivity contribution in [2.45, 2.75) is 19.9 Å². The molecule has 1 N–H and O–H groups in total. The van der Waals surface area contributed by atoms with E-state index in [1.54, 1.807) is 12.3 Å². The van der Waals surface area contributed by atoms with Crippen molar-refractivity contribution < 1.29 is 8.78 Å². The van der Waals surface area contributed by atoms with Crippen LogP contribution in [0.15, 0.2) is 36.7 Å². The van der Waals surface area contributed by atoms with E-state index in [4.69, 9.17) is 0 Å². The van der Waals surface area contributed by atoms with Gasteiger partial charge in [-0.15, -0.1) is 0 Å². The van der Waals surface area contributed by atoms with E-state index in [0.29, 0.717) is 11.3 Å². The Morgan fingerprint density at radius 1 is 1.17 bits per heavy atom. The number of pyridine rings is 1. The van der Waals surface area contributed by atoms with Crippen molar-refractivity contribution in [1.82, 2.24) is 4.98 Å². The fraction of sp³-hybridized carbons (Fsp3) is 0.214. The summed E-state index contributed by atoms with van der Waals surface area (Å²) in [4.78, 5) is 3.77. The standard InChI is InChI=1S/C14H14F2N2/c1-9-3-4-14(13(16)5-9)18-10(2)11-6-12(15)8-17-7-11/h3-8,10,18H,1-2H3. The Bertz CT molecular complexity index is 555. The Labute approximate surface area is 105 Å². The van der Waals surface area contributed by atoms with Gasteiger partial charge in [0.1, 0.15) is 11.6 Å². The smallest absolute Gasteiger partial charge is 0.146 e. The summed E-state index contributed by atoms with van der Waals surface area (Å²) in [5.41, 5.74) is 1.94. The van der Waals surface area contributed by atoms with Crippen molar-refractivity contribution in [3.8, 4) is 0 Å². The van der Waals surface area contributed by atoms with Gasteiger partial charge in [-0.1, -0.05) is 6.07 Å². The fourth-order valence-electron chi connectivity index (χ4n) is 1.72. The minimum absolute atomic E-state index is 0.217. The van der Waals surface area contributed by atoms with Gasteiger partial charge in [-0.3, -0.25) is 4.98 Å². The van der Waals surface area contributed by atoms with Crippen LogP contribution in [-0.2, 0) is 0 Å². The molecule has 18 heavy (non-hydrogen) atoms. The third-order valence-corrected chi connectivity index (χ3v) is 2.72. The average molecular weight is 248 g/mol. The van der Waals surface area contributed by atoms with Crippen LogP contribution in [0.4, 0.5) is 14.5 Å². The molecule has 94 valence electrons. The van der Waals surface area contributed by atoms with E-state index >= 15 is 0 Å². The van der Waals surface area contributed by atoms with Crippen LogP contribution >= 0.6 is 0 Å². The number of aryl methyl sites for hydroxylation is 1. The maximum absolute atomic E-state index is 13.7. The molecule has 4 heteroatoms. The molecule has 0 aliphatic rings. The molecule has 0 amide bonds. The van der Waals surface area contributed by atoms with E-state index < -0.39 is 5.82 Å². The predicted molar refractivity (Wildman–Crippen MR) is 67.4 cm³/mol. The molecule has 0 saturated carbocycles. The van der Waals surface area contributed by atoms with Gasteiger partial charge < -0.3 is 5.32 Å². The van der Waals surface area contributed by atoms with Crippen molar-refractivity contribution in [2.24, 2.45) is 0 Å². The molecule has 0 aliphatic carbocycles. The summed E-state index contributed by atoms with van der Waals surface area (Å²) >= 11 is 0. The summed E-state index contributed by atoms with van der Waals surface area (Å²) < 4.78 is 26.7. The highest BCUT2D eigenvalue weighted by Crippen LogP contribution is 2.22. The van der Waals surface area contributed by atoms with Crippen LogP contribution in [0.5, 0.6) is 0 Å². The van der Waals surface area contributed by atoms with Gasteiger partial charge in [0.15, 0.2) is 0 Å². The zero-order valence-corrected chi connectivity index (χ0v) is 10.2. The molecule has 0 bridgehead atoms. The molecule has 2 nitrogen and oxygen atoms in total. The summed E-state index contributed by atoms with van der Waals surface area (Å²) in [6.07, 6.45) is 2.70. The van der Waals surface area contributed by atoms with E-state index in [-0.39, 0.29) is 11.9 Å². The lowest BCUT2D eigenvalue weighted by molar-refractivity contribution is 0.614. The molecular weight excluding hydrogens is 234 g/mol. The number of hydrogen-bond acceptors (Lipinski definition) is 2. The molecule has 1 aromatic carbocycles. The molecule has 0 fully saturated rings. The Balaban J connectivity index is 2.18. The average Bonchev–Trinajstić information content (AvgIpc) is 2.32. The summed E-state index contributed by atoms with van der Waals surface area (Å²) in [5, 5.41) is 3.00. The van der Waals surface area contributed by atoms with E-state index in [2.05, 4.69) is 10.3 Å². The number of hydrogen-bond donors (Lipinski definition) is 1. The van der Waals surface area contributed by atoms with Gasteiger partial charge in [0.05, 0.1) is 17.9 Å². The van der Waals surface area contributed by atoms with E-state index in [0.717, 1.165) is 11.8 Å². The molecule has 1 unspecified atom stereocenters. The van der Waals surface area contributed by atoms with Gasteiger partial charge >= 0.3 is 0 Å². The minimum atomic E-state index is -0.398. The number of nitrogens with zero attached hydrogens (tertiary/aromatic N) is 1.